The predicted molar refractivity (Wildman–Crippen MR) is 289 cm³/mol. The van der Waals surface area contributed by atoms with Crippen molar-refractivity contribution >= 4 is 17.9 Å². The minimum absolute atomic E-state index is 0.0616. The highest BCUT2D eigenvalue weighted by atomic mass is 16.6. The van der Waals surface area contributed by atoms with Crippen LogP contribution in [0.5, 0.6) is 0 Å². The van der Waals surface area contributed by atoms with Crippen LogP contribution >= 0.6 is 0 Å². The standard InChI is InChI=1S/C61H118O6/c1-5-8-10-12-14-16-18-20-21-22-23-24-30-34-38-42-46-50-54-61(64)67-58(55-65-59(62)52-48-44-40-36-32-27-19-17-15-13-11-9-6-2)56-66-60(63)53-49-45-41-37-33-29-26-25-28-31-35-39-43-47-51-57(4)7-3/h57-58H,5-56H2,1-4H3/t57?,58-/m0/s1. The van der Waals surface area contributed by atoms with E-state index in [0.717, 1.165) is 63.7 Å². The first-order valence-corrected chi connectivity index (χ1v) is 30.4. The predicted octanol–water partition coefficient (Wildman–Crippen LogP) is 20.2. The van der Waals surface area contributed by atoms with Gasteiger partial charge in [0.25, 0.3) is 0 Å². The molecule has 0 aliphatic carbocycles. The number of unbranched alkanes of at least 4 members (excludes halogenated alkanes) is 42. The van der Waals surface area contributed by atoms with Crippen molar-refractivity contribution in [2.75, 3.05) is 13.2 Å². The lowest BCUT2D eigenvalue weighted by Gasteiger charge is -2.18. The molecule has 6 heteroatoms. The number of carbonyl (C=O) groups excluding carboxylic acids is 3. The van der Waals surface area contributed by atoms with E-state index in [-0.39, 0.29) is 31.1 Å². The van der Waals surface area contributed by atoms with E-state index in [1.807, 2.05) is 0 Å². The van der Waals surface area contributed by atoms with Crippen molar-refractivity contribution in [2.24, 2.45) is 5.92 Å². The van der Waals surface area contributed by atoms with Gasteiger partial charge in [-0.05, 0) is 25.2 Å². The molecule has 0 aliphatic rings. The molecule has 398 valence electrons. The van der Waals surface area contributed by atoms with Crippen LogP contribution in [0.25, 0.3) is 0 Å². The lowest BCUT2D eigenvalue weighted by Crippen LogP contribution is -2.30. The van der Waals surface area contributed by atoms with Gasteiger partial charge >= 0.3 is 17.9 Å². The zero-order valence-electron chi connectivity index (χ0n) is 45.9. The van der Waals surface area contributed by atoms with E-state index in [1.165, 1.54) is 244 Å². The molecule has 0 N–H and O–H groups in total. The highest BCUT2D eigenvalue weighted by molar-refractivity contribution is 5.71. The van der Waals surface area contributed by atoms with Gasteiger partial charge in [0.1, 0.15) is 13.2 Å². The Labute approximate surface area is 418 Å². The Hall–Kier alpha value is -1.59. The molecule has 0 spiro atoms. The molecule has 0 aliphatic heterocycles. The van der Waals surface area contributed by atoms with Crippen LogP contribution in [0.4, 0.5) is 0 Å². The quantitative estimate of drug-likeness (QED) is 0.0343. The third kappa shape index (κ3) is 53.6. The van der Waals surface area contributed by atoms with Crippen molar-refractivity contribution in [3.8, 4) is 0 Å². The molecule has 0 aromatic heterocycles. The van der Waals surface area contributed by atoms with Gasteiger partial charge in [0, 0.05) is 19.3 Å². The van der Waals surface area contributed by atoms with E-state index in [0.29, 0.717) is 19.3 Å². The van der Waals surface area contributed by atoms with Gasteiger partial charge in [-0.3, -0.25) is 14.4 Å². The van der Waals surface area contributed by atoms with Gasteiger partial charge in [-0.25, -0.2) is 0 Å². The average molecular weight is 948 g/mol. The number of hydrogen-bond acceptors (Lipinski definition) is 6. The van der Waals surface area contributed by atoms with Crippen LogP contribution in [0.1, 0.15) is 349 Å². The third-order valence-corrected chi connectivity index (χ3v) is 14.4. The molecule has 0 fully saturated rings. The third-order valence-electron chi connectivity index (χ3n) is 14.4. The van der Waals surface area contributed by atoms with Crippen LogP contribution < -0.4 is 0 Å². The SMILES string of the molecule is CCCCCCCCCCCCCCCCCCCCC(=O)O[C@@H](COC(=O)CCCCCCCCCCCCCCC)COC(=O)CCCCCCCCCCCCCCCCC(C)CC. The molecule has 6 nitrogen and oxygen atoms in total. The Balaban J connectivity index is 4.28. The summed E-state index contributed by atoms with van der Waals surface area (Å²) in [7, 11) is 0. The molecule has 0 aromatic rings. The Bertz CT molecular complexity index is 1010. The highest BCUT2D eigenvalue weighted by Crippen LogP contribution is 2.19. The fourth-order valence-electron chi connectivity index (χ4n) is 9.42. The zero-order chi connectivity index (χ0) is 48.8. The number of ether oxygens (including phenoxy) is 3. The summed E-state index contributed by atoms with van der Waals surface area (Å²) >= 11 is 0. The van der Waals surface area contributed by atoms with Crippen LogP contribution in [0.2, 0.25) is 0 Å². The number of rotatable bonds is 56. The molecule has 0 radical (unpaired) electrons. The number of esters is 3. The maximum absolute atomic E-state index is 12.9. The monoisotopic (exact) mass is 947 g/mol. The second-order valence-corrected chi connectivity index (χ2v) is 21.2. The Kier molecular flexibility index (Phi) is 54.0. The van der Waals surface area contributed by atoms with Gasteiger partial charge in [0.15, 0.2) is 6.10 Å². The molecule has 0 rings (SSSR count). The van der Waals surface area contributed by atoms with Crippen LogP contribution in [-0.2, 0) is 28.6 Å². The lowest BCUT2D eigenvalue weighted by molar-refractivity contribution is -0.167. The molecule has 1 unspecified atom stereocenters. The molecule has 67 heavy (non-hydrogen) atoms. The summed E-state index contributed by atoms with van der Waals surface area (Å²) in [5.74, 6) is 0.0643. The van der Waals surface area contributed by atoms with Crippen molar-refractivity contribution in [1.29, 1.82) is 0 Å². The second kappa shape index (κ2) is 55.3. The van der Waals surface area contributed by atoms with Crippen LogP contribution in [0, 0.1) is 5.92 Å². The van der Waals surface area contributed by atoms with Crippen molar-refractivity contribution in [3.05, 3.63) is 0 Å². The second-order valence-electron chi connectivity index (χ2n) is 21.2. The maximum Gasteiger partial charge on any atom is 0.306 e. The smallest absolute Gasteiger partial charge is 0.306 e. The summed E-state index contributed by atoms with van der Waals surface area (Å²) in [5.41, 5.74) is 0. The summed E-state index contributed by atoms with van der Waals surface area (Å²) in [6.07, 6.45) is 60.9. The fraction of sp³-hybridized carbons (Fsp3) is 0.951. The van der Waals surface area contributed by atoms with E-state index in [2.05, 4.69) is 27.7 Å². The fourth-order valence-corrected chi connectivity index (χ4v) is 9.42. The first-order chi connectivity index (χ1) is 32.9. The molecule has 0 saturated carbocycles. The minimum atomic E-state index is -0.762. The molecule has 0 aromatic carbocycles. The molecular formula is C61H118O6. The van der Waals surface area contributed by atoms with Crippen LogP contribution in [-0.4, -0.2) is 37.2 Å². The molecule has 0 heterocycles. The topological polar surface area (TPSA) is 78.9 Å². The van der Waals surface area contributed by atoms with Crippen LogP contribution in [0.15, 0.2) is 0 Å². The zero-order valence-corrected chi connectivity index (χ0v) is 45.9. The van der Waals surface area contributed by atoms with Crippen molar-refractivity contribution in [3.63, 3.8) is 0 Å². The Morgan fingerprint density at radius 1 is 0.299 bits per heavy atom. The summed E-state index contributed by atoms with van der Waals surface area (Å²) in [6.45, 7) is 9.11. The Morgan fingerprint density at radius 3 is 0.776 bits per heavy atom. The molecule has 0 bridgehead atoms. The lowest BCUT2D eigenvalue weighted by atomic mass is 9.99. The highest BCUT2D eigenvalue weighted by Gasteiger charge is 2.19. The van der Waals surface area contributed by atoms with Crippen LogP contribution in [0.3, 0.4) is 0 Å². The largest absolute Gasteiger partial charge is 0.462 e. The average Bonchev–Trinajstić information content (AvgIpc) is 3.33. The van der Waals surface area contributed by atoms with Gasteiger partial charge in [0.2, 0.25) is 0 Å². The Morgan fingerprint density at radius 2 is 0.522 bits per heavy atom. The van der Waals surface area contributed by atoms with Crippen molar-refractivity contribution in [1.82, 2.24) is 0 Å². The molecule has 0 saturated heterocycles. The first-order valence-electron chi connectivity index (χ1n) is 30.4. The van der Waals surface area contributed by atoms with E-state index in [4.69, 9.17) is 14.2 Å². The van der Waals surface area contributed by atoms with E-state index >= 15 is 0 Å². The molecular weight excluding hydrogens is 829 g/mol. The summed E-state index contributed by atoms with van der Waals surface area (Å²) in [6, 6.07) is 0. The number of hydrogen-bond donors (Lipinski definition) is 0. The van der Waals surface area contributed by atoms with Gasteiger partial charge in [0.05, 0.1) is 0 Å². The van der Waals surface area contributed by atoms with Gasteiger partial charge in [-0.15, -0.1) is 0 Å². The van der Waals surface area contributed by atoms with Gasteiger partial charge in [-0.1, -0.05) is 310 Å². The van der Waals surface area contributed by atoms with E-state index in [9.17, 15) is 14.4 Å². The van der Waals surface area contributed by atoms with E-state index < -0.39 is 6.10 Å². The molecule has 0 amide bonds. The van der Waals surface area contributed by atoms with E-state index in [1.54, 1.807) is 0 Å². The summed E-state index contributed by atoms with van der Waals surface area (Å²) < 4.78 is 16.9. The summed E-state index contributed by atoms with van der Waals surface area (Å²) in [4.78, 5) is 38.2. The number of carbonyl (C=O) groups is 3. The van der Waals surface area contributed by atoms with Gasteiger partial charge in [-0.2, -0.15) is 0 Å². The molecule has 2 atom stereocenters. The first kappa shape index (κ1) is 65.4. The van der Waals surface area contributed by atoms with Crippen molar-refractivity contribution < 1.29 is 28.6 Å². The maximum atomic E-state index is 12.9. The normalized spacial score (nSPS) is 12.4. The van der Waals surface area contributed by atoms with Gasteiger partial charge < -0.3 is 14.2 Å². The summed E-state index contributed by atoms with van der Waals surface area (Å²) in [5, 5.41) is 0. The minimum Gasteiger partial charge on any atom is -0.462 e. The van der Waals surface area contributed by atoms with Crippen molar-refractivity contribution in [2.45, 2.75) is 355 Å².